The van der Waals surface area contributed by atoms with Crippen LogP contribution < -0.4 is 9.47 Å². The third kappa shape index (κ3) is 3.65. The van der Waals surface area contributed by atoms with E-state index in [-0.39, 0.29) is 16.5 Å². The molecule has 0 saturated heterocycles. The topological polar surface area (TPSA) is 74.7 Å². The van der Waals surface area contributed by atoms with Gasteiger partial charge in [-0.05, 0) is 30.3 Å². The minimum Gasteiger partial charge on any atom is -0.490 e. The maximum absolute atomic E-state index is 12.2. The van der Waals surface area contributed by atoms with E-state index in [2.05, 4.69) is 4.98 Å². The number of halogens is 1. The summed E-state index contributed by atoms with van der Waals surface area (Å²) in [4.78, 5) is 27.9. The smallest absolute Gasteiger partial charge is 0.341 e. The number of fused-ring (bicyclic) bond motifs is 1. The van der Waals surface area contributed by atoms with Crippen molar-refractivity contribution in [2.45, 2.75) is 6.42 Å². The van der Waals surface area contributed by atoms with E-state index in [0.717, 1.165) is 6.42 Å². The van der Waals surface area contributed by atoms with Crippen molar-refractivity contribution in [3.63, 3.8) is 0 Å². The first-order valence-corrected chi connectivity index (χ1v) is 7.73. The quantitative estimate of drug-likeness (QED) is 0.481. The molecule has 0 amide bonds. The molecule has 0 atom stereocenters. The zero-order valence-electron chi connectivity index (χ0n) is 12.7. The summed E-state index contributed by atoms with van der Waals surface area (Å²) in [5.74, 6) is 0.0676. The third-order valence-electron chi connectivity index (χ3n) is 3.38. The predicted octanol–water partition coefficient (Wildman–Crippen LogP) is 2.94. The van der Waals surface area contributed by atoms with Gasteiger partial charge in [-0.1, -0.05) is 11.6 Å². The van der Waals surface area contributed by atoms with E-state index in [0.29, 0.717) is 30.3 Å². The number of hydrogen-bond donors (Lipinski definition) is 0. The van der Waals surface area contributed by atoms with Gasteiger partial charge >= 0.3 is 5.97 Å². The maximum atomic E-state index is 12.2. The molecule has 1 aromatic carbocycles. The second-order valence-electron chi connectivity index (χ2n) is 5.05. The molecule has 2 heterocycles. The highest BCUT2D eigenvalue weighted by Gasteiger charge is 2.17. The molecular weight excluding hydrogens is 334 g/mol. The first kappa shape index (κ1) is 16.3. The molecule has 0 spiro atoms. The highest BCUT2D eigenvalue weighted by atomic mass is 35.5. The molecule has 7 heteroatoms. The zero-order chi connectivity index (χ0) is 16.9. The number of pyridine rings is 1. The van der Waals surface area contributed by atoms with Gasteiger partial charge in [-0.3, -0.25) is 4.79 Å². The first-order valence-electron chi connectivity index (χ1n) is 7.35. The monoisotopic (exact) mass is 347 g/mol. The summed E-state index contributed by atoms with van der Waals surface area (Å²) in [6, 6.07) is 7.92. The number of ether oxygens (including phenoxy) is 3. The molecule has 0 aliphatic carbocycles. The van der Waals surface area contributed by atoms with Gasteiger partial charge in [0.2, 0.25) is 0 Å². The fraction of sp³-hybridized carbons (Fsp3) is 0.235. The Morgan fingerprint density at radius 3 is 2.75 bits per heavy atom. The Labute approximate surface area is 143 Å². The average molecular weight is 348 g/mol. The zero-order valence-corrected chi connectivity index (χ0v) is 13.4. The van der Waals surface area contributed by atoms with Crippen LogP contribution in [0.4, 0.5) is 0 Å². The van der Waals surface area contributed by atoms with Crippen molar-refractivity contribution >= 4 is 23.4 Å². The Hall–Kier alpha value is -2.60. The summed E-state index contributed by atoms with van der Waals surface area (Å²) in [5, 5.41) is 0.0329. The van der Waals surface area contributed by atoms with Crippen LogP contribution in [0.2, 0.25) is 5.15 Å². The summed E-state index contributed by atoms with van der Waals surface area (Å²) in [7, 11) is 0. The fourth-order valence-electron chi connectivity index (χ4n) is 2.17. The van der Waals surface area contributed by atoms with Crippen molar-refractivity contribution in [2.24, 2.45) is 0 Å². The Balaban J connectivity index is 1.66. The van der Waals surface area contributed by atoms with Gasteiger partial charge in [0, 0.05) is 18.2 Å². The standard InChI is InChI=1S/C17H14ClNO5/c18-16-12(3-1-6-19-16)17(21)24-10-13(20)11-4-5-14-15(9-11)23-8-2-7-22-14/h1,3-6,9H,2,7-8,10H2. The molecule has 124 valence electrons. The van der Waals surface area contributed by atoms with Crippen molar-refractivity contribution < 1.29 is 23.8 Å². The third-order valence-corrected chi connectivity index (χ3v) is 3.68. The van der Waals surface area contributed by atoms with Crippen LogP contribution in [0.25, 0.3) is 0 Å². The van der Waals surface area contributed by atoms with Gasteiger partial charge in [0.25, 0.3) is 0 Å². The van der Waals surface area contributed by atoms with Crippen molar-refractivity contribution in [2.75, 3.05) is 19.8 Å². The molecule has 0 N–H and O–H groups in total. The average Bonchev–Trinajstić information content (AvgIpc) is 2.84. The molecule has 0 fully saturated rings. The number of rotatable bonds is 4. The van der Waals surface area contributed by atoms with E-state index in [4.69, 9.17) is 25.8 Å². The van der Waals surface area contributed by atoms with E-state index in [9.17, 15) is 9.59 Å². The molecule has 0 bridgehead atoms. The summed E-state index contributed by atoms with van der Waals surface area (Å²) in [6.07, 6.45) is 2.24. The normalized spacial score (nSPS) is 13.0. The van der Waals surface area contributed by atoms with Crippen molar-refractivity contribution in [1.82, 2.24) is 4.98 Å². The molecule has 1 aliphatic rings. The number of nitrogens with zero attached hydrogens (tertiary/aromatic N) is 1. The number of carbonyl (C=O) groups excluding carboxylic acids is 2. The van der Waals surface area contributed by atoms with E-state index in [1.54, 1.807) is 24.3 Å². The molecule has 6 nitrogen and oxygen atoms in total. The second-order valence-corrected chi connectivity index (χ2v) is 5.41. The number of esters is 1. The lowest BCUT2D eigenvalue weighted by Gasteiger charge is -2.09. The summed E-state index contributed by atoms with van der Waals surface area (Å²) in [6.45, 7) is 0.701. The van der Waals surface area contributed by atoms with Gasteiger partial charge in [0.15, 0.2) is 23.9 Å². The molecule has 0 saturated carbocycles. The molecule has 1 aromatic heterocycles. The minimum atomic E-state index is -0.698. The van der Waals surface area contributed by atoms with Crippen LogP contribution in [0, 0.1) is 0 Å². The lowest BCUT2D eigenvalue weighted by Crippen LogP contribution is -2.15. The Morgan fingerprint density at radius 2 is 1.96 bits per heavy atom. The fourth-order valence-corrected chi connectivity index (χ4v) is 2.36. The van der Waals surface area contributed by atoms with E-state index >= 15 is 0 Å². The number of ketones is 1. The lowest BCUT2D eigenvalue weighted by atomic mass is 10.1. The molecular formula is C17H14ClNO5. The van der Waals surface area contributed by atoms with Crippen LogP contribution in [-0.4, -0.2) is 36.6 Å². The van der Waals surface area contributed by atoms with Gasteiger partial charge in [0.1, 0.15) is 5.15 Å². The molecule has 1 aliphatic heterocycles. The first-order chi connectivity index (χ1) is 11.6. The van der Waals surface area contributed by atoms with Gasteiger partial charge in [-0.2, -0.15) is 0 Å². The largest absolute Gasteiger partial charge is 0.490 e. The Morgan fingerprint density at radius 1 is 1.17 bits per heavy atom. The highest BCUT2D eigenvalue weighted by Crippen LogP contribution is 2.30. The highest BCUT2D eigenvalue weighted by molar-refractivity contribution is 6.32. The van der Waals surface area contributed by atoms with Crippen LogP contribution in [0.15, 0.2) is 36.5 Å². The Bertz CT molecular complexity index is 777. The number of carbonyl (C=O) groups is 2. The Kier molecular flexibility index (Phi) is 4.96. The lowest BCUT2D eigenvalue weighted by molar-refractivity contribution is 0.0474. The minimum absolute atomic E-state index is 0.0329. The van der Waals surface area contributed by atoms with Gasteiger partial charge in [-0.25, -0.2) is 9.78 Å². The van der Waals surface area contributed by atoms with Crippen LogP contribution in [0.5, 0.6) is 11.5 Å². The van der Waals surface area contributed by atoms with Crippen LogP contribution in [-0.2, 0) is 4.74 Å². The van der Waals surface area contributed by atoms with Crippen molar-refractivity contribution in [3.8, 4) is 11.5 Å². The van der Waals surface area contributed by atoms with Gasteiger partial charge in [-0.15, -0.1) is 0 Å². The predicted molar refractivity (Wildman–Crippen MR) is 85.9 cm³/mol. The number of Topliss-reactive ketones (excluding diaryl/α,β-unsaturated/α-hetero) is 1. The van der Waals surface area contributed by atoms with Gasteiger partial charge < -0.3 is 14.2 Å². The summed E-state index contributed by atoms with van der Waals surface area (Å²) >= 11 is 5.82. The number of benzene rings is 1. The van der Waals surface area contributed by atoms with Crippen molar-refractivity contribution in [3.05, 3.63) is 52.8 Å². The van der Waals surface area contributed by atoms with Gasteiger partial charge in [0.05, 0.1) is 18.8 Å². The van der Waals surface area contributed by atoms with Crippen molar-refractivity contribution in [1.29, 1.82) is 0 Å². The second kappa shape index (κ2) is 7.31. The van der Waals surface area contributed by atoms with E-state index in [1.165, 1.54) is 12.3 Å². The molecule has 24 heavy (non-hydrogen) atoms. The van der Waals surface area contributed by atoms with Crippen LogP contribution >= 0.6 is 11.6 Å². The summed E-state index contributed by atoms with van der Waals surface area (Å²) in [5.41, 5.74) is 0.495. The molecule has 3 rings (SSSR count). The van der Waals surface area contributed by atoms with Crippen LogP contribution in [0.1, 0.15) is 27.1 Å². The SMILES string of the molecule is O=C(COC(=O)c1cccnc1Cl)c1ccc2c(c1)OCCCO2. The maximum Gasteiger partial charge on any atom is 0.341 e. The van der Waals surface area contributed by atoms with E-state index < -0.39 is 12.6 Å². The number of aromatic nitrogens is 1. The number of hydrogen-bond acceptors (Lipinski definition) is 6. The molecule has 0 unspecified atom stereocenters. The summed E-state index contributed by atoms with van der Waals surface area (Å²) < 4.78 is 16.1. The molecule has 0 radical (unpaired) electrons. The van der Waals surface area contributed by atoms with E-state index in [1.807, 2.05) is 0 Å². The van der Waals surface area contributed by atoms with Crippen LogP contribution in [0.3, 0.4) is 0 Å². The molecule has 2 aromatic rings.